The maximum atomic E-state index is 14.1. The average molecular weight is 615 g/mol. The molecule has 1 aromatic carbocycles. The number of thiophene rings is 1. The molecule has 2 bridgehead atoms. The lowest BCUT2D eigenvalue weighted by atomic mass is 10.1. The van der Waals surface area contributed by atoms with Gasteiger partial charge in [0, 0.05) is 66.0 Å². The van der Waals surface area contributed by atoms with Gasteiger partial charge in [-0.25, -0.2) is 9.97 Å². The molecular formula is C30H33F3N6OS2. The summed E-state index contributed by atoms with van der Waals surface area (Å²) in [5, 5.41) is 3.20. The van der Waals surface area contributed by atoms with Gasteiger partial charge >= 0.3 is 6.18 Å². The van der Waals surface area contributed by atoms with Crippen LogP contribution >= 0.6 is 23.1 Å². The summed E-state index contributed by atoms with van der Waals surface area (Å²) >= 11 is 2.62. The van der Waals surface area contributed by atoms with E-state index in [2.05, 4.69) is 51.2 Å². The first-order chi connectivity index (χ1) is 20.2. The lowest BCUT2D eigenvalue weighted by molar-refractivity contribution is -0.137. The van der Waals surface area contributed by atoms with E-state index in [9.17, 15) is 18.0 Å². The van der Waals surface area contributed by atoms with E-state index in [1.165, 1.54) is 30.3 Å². The molecule has 7 nitrogen and oxygen atoms in total. The molecular weight excluding hydrogens is 581 g/mol. The van der Waals surface area contributed by atoms with Crippen molar-refractivity contribution in [3.63, 3.8) is 0 Å². The predicted octanol–water partition coefficient (Wildman–Crippen LogP) is 6.52. The van der Waals surface area contributed by atoms with Gasteiger partial charge in [0.05, 0.1) is 10.6 Å². The third kappa shape index (κ3) is 5.15. The van der Waals surface area contributed by atoms with Crippen LogP contribution < -0.4 is 10.2 Å². The lowest BCUT2D eigenvalue weighted by Gasteiger charge is -2.40. The molecule has 1 N–H and O–H groups in total. The summed E-state index contributed by atoms with van der Waals surface area (Å²) in [5.74, 6) is 0.732. The zero-order chi connectivity index (χ0) is 29.2. The fourth-order valence-electron chi connectivity index (χ4n) is 6.44. The number of fused-ring (bicyclic) bond motifs is 3. The highest BCUT2D eigenvalue weighted by atomic mass is 32.2. The summed E-state index contributed by atoms with van der Waals surface area (Å²) in [5.41, 5.74) is 1.88. The number of aromatic nitrogens is 2. The minimum Gasteiger partial charge on any atom is -0.368 e. The summed E-state index contributed by atoms with van der Waals surface area (Å²) in [6.07, 6.45) is 1.39. The number of anilines is 3. The molecule has 2 unspecified atom stereocenters. The first-order valence-corrected chi connectivity index (χ1v) is 16.4. The second-order valence-corrected chi connectivity index (χ2v) is 13.8. The number of aryl methyl sites for hydroxylation is 1. The molecule has 3 aromatic rings. The number of hydrogen-bond donors (Lipinski definition) is 1. The van der Waals surface area contributed by atoms with Gasteiger partial charge in [-0.2, -0.15) is 13.2 Å². The molecule has 42 heavy (non-hydrogen) atoms. The number of halogens is 3. The summed E-state index contributed by atoms with van der Waals surface area (Å²) in [7, 11) is 2.22. The molecule has 222 valence electrons. The van der Waals surface area contributed by atoms with Crippen molar-refractivity contribution >= 4 is 46.3 Å². The normalized spacial score (nSPS) is 22.8. The molecule has 3 fully saturated rings. The Morgan fingerprint density at radius 1 is 1.07 bits per heavy atom. The van der Waals surface area contributed by atoms with Crippen molar-refractivity contribution in [3.05, 3.63) is 46.5 Å². The SMILES string of the molecule is CCc1cc(N2CC3CCC(C2)N3C)ccc1Nc1ncc(C(F)(F)F)c(-c2cc3c(s2)C(=O)N(C2CC2)CCS3)n1. The first-order valence-electron chi connectivity index (χ1n) is 14.6. The molecule has 12 heteroatoms. The van der Waals surface area contributed by atoms with Crippen molar-refractivity contribution < 1.29 is 18.0 Å². The van der Waals surface area contributed by atoms with Crippen LogP contribution in [0.4, 0.5) is 30.5 Å². The number of rotatable bonds is 6. The van der Waals surface area contributed by atoms with Crippen LogP contribution in [0.1, 0.15) is 53.4 Å². The maximum Gasteiger partial charge on any atom is 0.420 e. The topological polar surface area (TPSA) is 64.6 Å². The Morgan fingerprint density at radius 2 is 1.81 bits per heavy atom. The second kappa shape index (κ2) is 10.7. The molecule has 0 spiro atoms. The Kier molecular flexibility index (Phi) is 7.13. The number of amides is 1. The number of hydrogen-bond acceptors (Lipinski definition) is 8. The van der Waals surface area contributed by atoms with Crippen LogP contribution in [0.2, 0.25) is 0 Å². The van der Waals surface area contributed by atoms with Crippen molar-refractivity contribution in [2.24, 2.45) is 0 Å². The molecule has 2 aromatic heterocycles. The quantitative estimate of drug-likeness (QED) is 0.339. The molecule has 1 aliphatic carbocycles. The van der Waals surface area contributed by atoms with Crippen molar-refractivity contribution in [2.45, 2.75) is 68.2 Å². The molecule has 7 rings (SSSR count). The number of alkyl halides is 3. The summed E-state index contributed by atoms with van der Waals surface area (Å²) < 4.78 is 42.4. The van der Waals surface area contributed by atoms with E-state index < -0.39 is 11.7 Å². The highest BCUT2D eigenvalue weighted by molar-refractivity contribution is 7.99. The van der Waals surface area contributed by atoms with E-state index in [-0.39, 0.29) is 23.6 Å². The van der Waals surface area contributed by atoms with E-state index in [0.29, 0.717) is 28.4 Å². The minimum atomic E-state index is -4.63. The molecule has 3 aliphatic heterocycles. The zero-order valence-electron chi connectivity index (χ0n) is 23.6. The van der Waals surface area contributed by atoms with Crippen LogP contribution in [0.5, 0.6) is 0 Å². The van der Waals surface area contributed by atoms with Crippen LogP contribution in [-0.2, 0) is 12.6 Å². The Balaban J connectivity index is 1.19. The van der Waals surface area contributed by atoms with Gasteiger partial charge in [-0.3, -0.25) is 9.69 Å². The van der Waals surface area contributed by atoms with Gasteiger partial charge in [0.15, 0.2) is 0 Å². The largest absolute Gasteiger partial charge is 0.420 e. The van der Waals surface area contributed by atoms with Gasteiger partial charge in [-0.05, 0) is 69.0 Å². The van der Waals surface area contributed by atoms with Crippen LogP contribution in [-0.4, -0.2) is 76.2 Å². The predicted molar refractivity (Wildman–Crippen MR) is 161 cm³/mol. The first kappa shape index (κ1) is 28.0. The monoisotopic (exact) mass is 614 g/mol. The van der Waals surface area contributed by atoms with Crippen molar-refractivity contribution in [2.75, 3.05) is 42.7 Å². The molecule has 2 atom stereocenters. The highest BCUT2D eigenvalue weighted by Crippen LogP contribution is 2.44. The number of piperazine rings is 1. The van der Waals surface area contributed by atoms with E-state index >= 15 is 0 Å². The Bertz CT molecular complexity index is 1510. The second-order valence-electron chi connectivity index (χ2n) is 11.6. The Labute approximate surface area is 251 Å². The van der Waals surface area contributed by atoms with Crippen molar-refractivity contribution in [1.29, 1.82) is 0 Å². The number of likely N-dealkylation sites (N-methyl/N-ethyl adjacent to an activating group) is 1. The summed E-state index contributed by atoms with van der Waals surface area (Å²) in [4.78, 5) is 30.1. The summed E-state index contributed by atoms with van der Waals surface area (Å²) in [6.45, 7) is 4.72. The number of thioether (sulfide) groups is 1. The van der Waals surface area contributed by atoms with Gasteiger partial charge < -0.3 is 15.1 Å². The van der Waals surface area contributed by atoms with E-state index in [1.807, 2.05) is 11.0 Å². The smallest absolute Gasteiger partial charge is 0.368 e. The maximum absolute atomic E-state index is 14.1. The minimum absolute atomic E-state index is 0.0873. The third-order valence-corrected chi connectivity index (χ3v) is 11.3. The average Bonchev–Trinajstić information content (AvgIpc) is 3.71. The van der Waals surface area contributed by atoms with Crippen molar-refractivity contribution in [3.8, 4) is 10.6 Å². The van der Waals surface area contributed by atoms with Crippen molar-refractivity contribution in [1.82, 2.24) is 19.8 Å². The number of nitrogens with one attached hydrogen (secondary N) is 1. The van der Waals surface area contributed by atoms with E-state index in [4.69, 9.17) is 0 Å². The highest BCUT2D eigenvalue weighted by Gasteiger charge is 2.40. The number of benzene rings is 1. The van der Waals surface area contributed by atoms with Gasteiger partial charge in [0.1, 0.15) is 10.4 Å². The Hall–Kier alpha value is -2.83. The van der Waals surface area contributed by atoms with Gasteiger partial charge in [0.2, 0.25) is 5.95 Å². The molecule has 2 saturated heterocycles. The third-order valence-electron chi connectivity index (χ3n) is 8.99. The molecule has 0 radical (unpaired) electrons. The zero-order valence-corrected chi connectivity index (χ0v) is 25.2. The van der Waals surface area contributed by atoms with Gasteiger partial charge in [0.25, 0.3) is 5.91 Å². The fourth-order valence-corrected chi connectivity index (χ4v) is 8.76. The van der Waals surface area contributed by atoms with Gasteiger partial charge in [-0.1, -0.05) is 6.92 Å². The molecule has 1 saturated carbocycles. The van der Waals surface area contributed by atoms with Crippen LogP contribution in [0, 0.1) is 0 Å². The van der Waals surface area contributed by atoms with E-state index in [0.717, 1.165) is 71.8 Å². The molecule has 1 amide bonds. The summed E-state index contributed by atoms with van der Waals surface area (Å²) in [6, 6.07) is 9.30. The molecule has 4 aliphatic rings. The number of carbonyl (C=O) groups is 1. The standard InChI is InChI=1S/C30H33F3N6OS2/c1-3-17-12-19(38-15-20-6-7-21(16-38)37(20)2)8-9-23(17)35-29-34-14-22(30(31,32)33)26(36-29)24-13-25-27(42-24)28(40)39(10-11-41-25)18-4-5-18/h8-9,12-14,18,20-21H,3-7,10-11,15-16H2,1-2H3,(H,34,35,36). The van der Waals surface area contributed by atoms with Crippen LogP contribution in [0.3, 0.4) is 0 Å². The van der Waals surface area contributed by atoms with Crippen LogP contribution in [0.15, 0.2) is 35.4 Å². The Morgan fingerprint density at radius 3 is 2.50 bits per heavy atom. The number of nitrogens with zero attached hydrogens (tertiary/aromatic N) is 5. The van der Waals surface area contributed by atoms with E-state index in [1.54, 1.807) is 6.07 Å². The van der Waals surface area contributed by atoms with Gasteiger partial charge in [-0.15, -0.1) is 23.1 Å². The lowest BCUT2D eigenvalue weighted by Crippen LogP contribution is -2.52. The number of carbonyl (C=O) groups excluding carboxylic acids is 1. The van der Waals surface area contributed by atoms with Crippen LogP contribution in [0.25, 0.3) is 10.6 Å². The fraction of sp³-hybridized carbons (Fsp3) is 0.500. The molecule has 5 heterocycles.